The van der Waals surface area contributed by atoms with Crippen LogP contribution in [-0.2, 0) is 9.53 Å². The fourth-order valence-electron chi connectivity index (χ4n) is 3.26. The Balaban J connectivity index is 0.000000353. The monoisotopic (exact) mass is 465 g/mol. The number of hydrogen-bond acceptors (Lipinski definition) is 5. The van der Waals surface area contributed by atoms with E-state index >= 15 is 0 Å². The molecule has 4 rings (SSSR count). The number of anilines is 2. The van der Waals surface area contributed by atoms with E-state index in [9.17, 15) is 4.79 Å². The summed E-state index contributed by atoms with van der Waals surface area (Å²) in [7, 11) is 1.71. The van der Waals surface area contributed by atoms with Gasteiger partial charge in [-0.05, 0) is 62.4 Å². The Morgan fingerprint density at radius 2 is 2.07 bits per heavy atom. The number of rotatable bonds is 3. The van der Waals surface area contributed by atoms with Crippen molar-refractivity contribution >= 4 is 44.2 Å². The maximum atomic E-state index is 12.2. The third-order valence-electron chi connectivity index (χ3n) is 5.22. The number of amides is 1. The molecule has 1 aliphatic heterocycles. The van der Waals surface area contributed by atoms with Crippen LogP contribution in [0.5, 0.6) is 0 Å². The van der Waals surface area contributed by atoms with Crippen molar-refractivity contribution in [2.45, 2.75) is 58.1 Å². The predicted octanol–water partition coefficient (Wildman–Crippen LogP) is 4.03. The molecule has 0 radical (unpaired) electrons. The number of aromatic nitrogens is 2. The van der Waals surface area contributed by atoms with Crippen molar-refractivity contribution in [2.24, 2.45) is 11.7 Å². The van der Waals surface area contributed by atoms with E-state index in [0.717, 1.165) is 65.7 Å². The lowest BCUT2D eigenvalue weighted by molar-refractivity contribution is -0.117. The predicted molar refractivity (Wildman–Crippen MR) is 121 cm³/mol. The molecule has 1 saturated heterocycles. The van der Waals surface area contributed by atoms with Crippen LogP contribution < -0.4 is 16.0 Å². The number of carbonyl (C=O) groups excluding carboxylic acids is 1. The zero-order valence-electron chi connectivity index (χ0n) is 17.7. The fraction of sp³-hybridized carbons (Fsp3) is 0.619. The van der Waals surface area contributed by atoms with Gasteiger partial charge in [-0.1, -0.05) is 0 Å². The highest BCUT2D eigenvalue weighted by molar-refractivity contribution is 9.10. The molecule has 2 fully saturated rings. The van der Waals surface area contributed by atoms with Crippen LogP contribution in [0.3, 0.4) is 0 Å². The number of aromatic amines is 1. The first-order valence-corrected chi connectivity index (χ1v) is 11.0. The molecule has 0 unspecified atom stereocenters. The molecular weight excluding hydrogens is 434 g/mol. The van der Waals surface area contributed by atoms with E-state index in [1.54, 1.807) is 13.3 Å². The number of pyridine rings is 1. The number of H-pyrrole nitrogens is 1. The van der Waals surface area contributed by atoms with Crippen LogP contribution in [0.4, 0.5) is 11.4 Å². The van der Waals surface area contributed by atoms with Crippen molar-refractivity contribution in [3.63, 3.8) is 0 Å². The second kappa shape index (κ2) is 9.02. The molecule has 1 aliphatic carbocycles. The molecule has 1 amide bonds. The smallest absolute Gasteiger partial charge is 0.227 e. The van der Waals surface area contributed by atoms with Crippen molar-refractivity contribution in [3.05, 3.63) is 16.9 Å². The number of halogens is 1. The van der Waals surface area contributed by atoms with Crippen LogP contribution in [-0.4, -0.2) is 47.7 Å². The molecular formula is C21H32BrN5O2. The van der Waals surface area contributed by atoms with Crippen molar-refractivity contribution < 1.29 is 9.53 Å². The van der Waals surface area contributed by atoms with Gasteiger partial charge >= 0.3 is 0 Å². The van der Waals surface area contributed by atoms with Gasteiger partial charge in [-0.3, -0.25) is 4.79 Å². The minimum atomic E-state index is 0.0417. The Morgan fingerprint density at radius 3 is 2.66 bits per heavy atom. The minimum absolute atomic E-state index is 0.0417. The average molecular weight is 466 g/mol. The maximum Gasteiger partial charge on any atom is 0.227 e. The SMILES string of the molecule is COC(C)(C)C.N[C@@H]1CCCN(c2c(Br)cnc3[nH]cc(NC(=O)C4CC4)c23)C1. The quantitative estimate of drug-likeness (QED) is 0.635. The highest BCUT2D eigenvalue weighted by Gasteiger charge is 2.31. The first-order chi connectivity index (χ1) is 13.7. The molecule has 3 heterocycles. The standard InChI is InChI=1S/C16H20BrN5O.C5H12O/c17-11-6-19-15-13(14(11)22-5-1-2-10(18)8-22)12(7-20-15)21-16(23)9-3-4-9;1-5(2,3)6-4/h6-7,9-10H,1-5,8,18H2,(H,19,20)(H,21,23);1-4H3/t10-;/m1./s1. The molecule has 7 nitrogen and oxygen atoms in total. The zero-order valence-corrected chi connectivity index (χ0v) is 19.3. The number of fused-ring (bicyclic) bond motifs is 1. The zero-order chi connectivity index (χ0) is 21.2. The molecule has 0 aromatic carbocycles. The number of ether oxygens (including phenoxy) is 1. The third kappa shape index (κ3) is 5.71. The molecule has 4 N–H and O–H groups in total. The van der Waals surface area contributed by atoms with Crippen molar-refractivity contribution in [3.8, 4) is 0 Å². The second-order valence-electron chi connectivity index (χ2n) is 8.81. The molecule has 8 heteroatoms. The molecule has 0 bridgehead atoms. The van der Waals surface area contributed by atoms with Gasteiger partial charge in [0.25, 0.3) is 0 Å². The number of hydrogen-bond donors (Lipinski definition) is 3. The summed E-state index contributed by atoms with van der Waals surface area (Å²) in [4.78, 5) is 22.0. The normalized spacial score (nSPS) is 19.7. The number of methoxy groups -OCH3 is 1. The van der Waals surface area contributed by atoms with Gasteiger partial charge in [-0.15, -0.1) is 0 Å². The Morgan fingerprint density at radius 1 is 1.38 bits per heavy atom. The molecule has 160 valence electrons. The number of nitrogens with two attached hydrogens (primary N) is 1. The maximum absolute atomic E-state index is 12.2. The lowest BCUT2D eigenvalue weighted by Crippen LogP contribution is -2.43. The summed E-state index contributed by atoms with van der Waals surface area (Å²) >= 11 is 3.63. The van der Waals surface area contributed by atoms with E-state index in [2.05, 4.69) is 36.1 Å². The molecule has 2 aromatic rings. The first-order valence-electron chi connectivity index (χ1n) is 10.2. The molecule has 1 saturated carbocycles. The highest BCUT2D eigenvalue weighted by atomic mass is 79.9. The van der Waals surface area contributed by atoms with Gasteiger partial charge < -0.3 is 25.7 Å². The van der Waals surface area contributed by atoms with Gasteiger partial charge in [0.15, 0.2) is 0 Å². The van der Waals surface area contributed by atoms with Gasteiger partial charge in [0.05, 0.1) is 26.8 Å². The molecule has 2 aromatic heterocycles. The molecule has 0 spiro atoms. The number of piperidine rings is 1. The van der Waals surface area contributed by atoms with E-state index in [1.165, 1.54) is 0 Å². The average Bonchev–Trinajstić information content (AvgIpc) is 3.44. The van der Waals surface area contributed by atoms with E-state index in [1.807, 2.05) is 27.0 Å². The van der Waals surface area contributed by atoms with Gasteiger partial charge in [-0.25, -0.2) is 4.98 Å². The van der Waals surface area contributed by atoms with Crippen molar-refractivity contribution in [2.75, 3.05) is 30.4 Å². The van der Waals surface area contributed by atoms with Crippen LogP contribution in [0.25, 0.3) is 11.0 Å². The Labute approximate surface area is 180 Å². The minimum Gasteiger partial charge on any atom is -0.379 e. The summed E-state index contributed by atoms with van der Waals surface area (Å²) in [5.74, 6) is 0.277. The lowest BCUT2D eigenvalue weighted by Gasteiger charge is -2.33. The van der Waals surface area contributed by atoms with Crippen molar-refractivity contribution in [1.82, 2.24) is 9.97 Å². The van der Waals surface area contributed by atoms with E-state index < -0.39 is 0 Å². The Hall–Kier alpha value is -1.64. The summed E-state index contributed by atoms with van der Waals surface area (Å²) in [5.41, 5.74) is 8.85. The molecule has 29 heavy (non-hydrogen) atoms. The first kappa shape index (κ1) is 22.1. The van der Waals surface area contributed by atoms with Crippen LogP contribution in [0.1, 0.15) is 46.5 Å². The van der Waals surface area contributed by atoms with Crippen LogP contribution in [0.15, 0.2) is 16.9 Å². The number of nitrogens with one attached hydrogen (secondary N) is 2. The second-order valence-corrected chi connectivity index (χ2v) is 9.66. The Kier molecular flexibility index (Phi) is 6.86. The summed E-state index contributed by atoms with van der Waals surface area (Å²) < 4.78 is 5.87. The number of carbonyl (C=O) groups is 1. The van der Waals surface area contributed by atoms with E-state index in [4.69, 9.17) is 10.5 Å². The van der Waals surface area contributed by atoms with Crippen LogP contribution in [0, 0.1) is 5.92 Å². The van der Waals surface area contributed by atoms with Gasteiger partial charge in [0, 0.05) is 44.6 Å². The largest absolute Gasteiger partial charge is 0.379 e. The highest BCUT2D eigenvalue weighted by Crippen LogP contribution is 2.39. The van der Waals surface area contributed by atoms with Crippen LogP contribution in [0.2, 0.25) is 0 Å². The Bertz CT molecular complexity index is 857. The summed E-state index contributed by atoms with van der Waals surface area (Å²) in [6, 6.07) is 0.183. The van der Waals surface area contributed by atoms with Gasteiger partial charge in [-0.2, -0.15) is 0 Å². The summed E-state index contributed by atoms with van der Waals surface area (Å²) in [6.07, 6.45) is 7.75. The van der Waals surface area contributed by atoms with E-state index in [0.29, 0.717) is 0 Å². The number of nitrogens with zero attached hydrogens (tertiary/aromatic N) is 2. The summed E-state index contributed by atoms with van der Waals surface area (Å²) in [6.45, 7) is 7.85. The van der Waals surface area contributed by atoms with Gasteiger partial charge in [0.2, 0.25) is 5.91 Å². The van der Waals surface area contributed by atoms with Crippen LogP contribution >= 0.6 is 15.9 Å². The third-order valence-corrected chi connectivity index (χ3v) is 5.80. The fourth-order valence-corrected chi connectivity index (χ4v) is 3.81. The lowest BCUT2D eigenvalue weighted by atomic mass is 10.1. The summed E-state index contributed by atoms with van der Waals surface area (Å²) in [5, 5.41) is 4.02. The topological polar surface area (TPSA) is 96.3 Å². The van der Waals surface area contributed by atoms with Crippen molar-refractivity contribution in [1.29, 1.82) is 0 Å². The van der Waals surface area contributed by atoms with E-state index in [-0.39, 0.29) is 23.5 Å². The van der Waals surface area contributed by atoms with Gasteiger partial charge in [0.1, 0.15) is 5.65 Å². The molecule has 2 aliphatic rings. The molecule has 1 atom stereocenters.